The minimum atomic E-state index is -0.122. The average Bonchev–Trinajstić information content (AvgIpc) is 3.18. The number of amides is 1. The van der Waals surface area contributed by atoms with Crippen LogP contribution < -0.4 is 5.32 Å². The van der Waals surface area contributed by atoms with E-state index < -0.39 is 0 Å². The molecule has 0 unspecified atom stereocenters. The Labute approximate surface area is 190 Å². The molecule has 3 aromatic carbocycles. The van der Waals surface area contributed by atoms with E-state index in [0.717, 1.165) is 22.6 Å². The molecular formula is C24H21ClN4OS. The molecule has 0 saturated heterocycles. The van der Waals surface area contributed by atoms with Crippen LogP contribution >= 0.6 is 23.4 Å². The van der Waals surface area contributed by atoms with Crippen molar-refractivity contribution in [1.82, 2.24) is 14.8 Å². The van der Waals surface area contributed by atoms with Crippen molar-refractivity contribution in [2.75, 3.05) is 11.1 Å². The summed E-state index contributed by atoms with van der Waals surface area (Å²) in [4.78, 5) is 12.5. The van der Waals surface area contributed by atoms with Gasteiger partial charge < -0.3 is 5.32 Å². The fraction of sp³-hybridized carbons (Fsp3) is 0.125. The number of carbonyl (C=O) groups excluding carboxylic acids is 1. The minimum absolute atomic E-state index is 0.122. The van der Waals surface area contributed by atoms with E-state index in [0.29, 0.717) is 15.9 Å². The Hall–Kier alpha value is -3.09. The Morgan fingerprint density at radius 1 is 0.968 bits per heavy atom. The first-order valence-corrected chi connectivity index (χ1v) is 11.1. The third-order valence-electron chi connectivity index (χ3n) is 4.66. The van der Waals surface area contributed by atoms with Gasteiger partial charge in [-0.3, -0.25) is 9.36 Å². The van der Waals surface area contributed by atoms with Crippen LogP contribution in [0.1, 0.15) is 11.1 Å². The van der Waals surface area contributed by atoms with Gasteiger partial charge in [0.2, 0.25) is 5.91 Å². The number of nitrogens with one attached hydrogen (secondary N) is 1. The third kappa shape index (κ3) is 5.16. The number of halogens is 1. The molecule has 1 N–H and O–H groups in total. The molecule has 31 heavy (non-hydrogen) atoms. The van der Waals surface area contributed by atoms with E-state index in [2.05, 4.69) is 33.7 Å². The van der Waals surface area contributed by atoms with Crippen molar-refractivity contribution in [3.8, 4) is 17.1 Å². The lowest BCUT2D eigenvalue weighted by Crippen LogP contribution is -2.14. The number of benzene rings is 3. The molecule has 5 nitrogen and oxygen atoms in total. The van der Waals surface area contributed by atoms with E-state index in [1.807, 2.05) is 48.7 Å². The van der Waals surface area contributed by atoms with Crippen LogP contribution in [0, 0.1) is 13.8 Å². The highest BCUT2D eigenvalue weighted by atomic mass is 35.5. The van der Waals surface area contributed by atoms with Crippen molar-refractivity contribution in [3.05, 3.63) is 88.9 Å². The predicted molar refractivity (Wildman–Crippen MR) is 127 cm³/mol. The lowest BCUT2D eigenvalue weighted by molar-refractivity contribution is -0.113. The summed E-state index contributed by atoms with van der Waals surface area (Å²) in [7, 11) is 0. The molecule has 0 spiro atoms. The molecule has 0 atom stereocenters. The Bertz CT molecular complexity index is 1200. The third-order valence-corrected chi connectivity index (χ3v) is 5.84. The summed E-state index contributed by atoms with van der Waals surface area (Å²) in [5.41, 5.74) is 4.95. The van der Waals surface area contributed by atoms with Crippen LogP contribution in [0.5, 0.6) is 0 Å². The maximum atomic E-state index is 12.5. The molecule has 1 aromatic heterocycles. The topological polar surface area (TPSA) is 59.8 Å². The first kappa shape index (κ1) is 21.2. The van der Waals surface area contributed by atoms with Gasteiger partial charge in [0, 0.05) is 22.0 Å². The lowest BCUT2D eigenvalue weighted by Gasteiger charge is -2.11. The number of rotatable bonds is 6. The number of thioether (sulfide) groups is 1. The summed E-state index contributed by atoms with van der Waals surface area (Å²) < 4.78 is 1.99. The van der Waals surface area contributed by atoms with Crippen molar-refractivity contribution < 1.29 is 4.79 Å². The van der Waals surface area contributed by atoms with Gasteiger partial charge in [-0.25, -0.2) is 0 Å². The van der Waals surface area contributed by atoms with Crippen LogP contribution in [0.4, 0.5) is 5.69 Å². The number of hydrogen-bond acceptors (Lipinski definition) is 4. The summed E-state index contributed by atoms with van der Waals surface area (Å²) in [6.07, 6.45) is 0. The number of hydrogen-bond donors (Lipinski definition) is 1. The molecule has 0 aliphatic heterocycles. The van der Waals surface area contributed by atoms with Crippen molar-refractivity contribution in [1.29, 1.82) is 0 Å². The minimum Gasteiger partial charge on any atom is -0.325 e. The van der Waals surface area contributed by atoms with Gasteiger partial charge in [0.1, 0.15) is 0 Å². The Morgan fingerprint density at radius 3 is 2.42 bits per heavy atom. The second-order valence-electron chi connectivity index (χ2n) is 7.19. The fourth-order valence-corrected chi connectivity index (χ4v) is 4.00. The van der Waals surface area contributed by atoms with E-state index in [9.17, 15) is 4.79 Å². The maximum absolute atomic E-state index is 12.5. The van der Waals surface area contributed by atoms with Gasteiger partial charge in [0.05, 0.1) is 5.75 Å². The number of carbonyl (C=O) groups is 1. The highest BCUT2D eigenvalue weighted by molar-refractivity contribution is 7.99. The maximum Gasteiger partial charge on any atom is 0.234 e. The lowest BCUT2D eigenvalue weighted by atomic mass is 10.1. The fourth-order valence-electron chi connectivity index (χ4n) is 3.12. The summed E-state index contributed by atoms with van der Waals surface area (Å²) >= 11 is 7.25. The molecule has 0 aliphatic carbocycles. The molecule has 0 aliphatic rings. The zero-order chi connectivity index (χ0) is 21.8. The van der Waals surface area contributed by atoms with E-state index in [1.54, 1.807) is 24.3 Å². The summed E-state index contributed by atoms with van der Waals surface area (Å²) in [5, 5.41) is 13.0. The van der Waals surface area contributed by atoms with E-state index in [-0.39, 0.29) is 11.7 Å². The van der Waals surface area contributed by atoms with Gasteiger partial charge in [0.15, 0.2) is 11.0 Å². The zero-order valence-corrected chi connectivity index (χ0v) is 18.7. The van der Waals surface area contributed by atoms with Gasteiger partial charge in [-0.05, 0) is 56.3 Å². The van der Waals surface area contributed by atoms with Crippen LogP contribution in [0.3, 0.4) is 0 Å². The van der Waals surface area contributed by atoms with Crippen LogP contribution in [0.2, 0.25) is 5.02 Å². The predicted octanol–water partition coefficient (Wildman–Crippen LogP) is 5.94. The Kier molecular flexibility index (Phi) is 6.39. The molecule has 156 valence electrons. The van der Waals surface area contributed by atoms with Gasteiger partial charge in [-0.2, -0.15) is 0 Å². The molecule has 0 fully saturated rings. The molecule has 4 aromatic rings. The molecule has 1 amide bonds. The van der Waals surface area contributed by atoms with Gasteiger partial charge in [0.25, 0.3) is 0 Å². The van der Waals surface area contributed by atoms with Gasteiger partial charge in [-0.15, -0.1) is 10.2 Å². The van der Waals surface area contributed by atoms with E-state index >= 15 is 0 Å². The molecule has 0 saturated carbocycles. The van der Waals surface area contributed by atoms with Crippen LogP contribution in [0.15, 0.2) is 78.0 Å². The average molecular weight is 449 g/mol. The van der Waals surface area contributed by atoms with Crippen LogP contribution in [-0.2, 0) is 4.79 Å². The number of aromatic nitrogens is 3. The van der Waals surface area contributed by atoms with Crippen molar-refractivity contribution in [2.24, 2.45) is 0 Å². The molecule has 1 heterocycles. The van der Waals surface area contributed by atoms with E-state index in [1.165, 1.54) is 17.3 Å². The zero-order valence-electron chi connectivity index (χ0n) is 17.2. The normalized spacial score (nSPS) is 10.8. The van der Waals surface area contributed by atoms with Crippen LogP contribution in [-0.4, -0.2) is 26.4 Å². The first-order valence-electron chi connectivity index (χ1n) is 9.77. The molecule has 0 bridgehead atoms. The SMILES string of the molecule is Cc1ccc(-n2c(SCC(=O)Nc3ccc(Cl)cc3)nnc2-c2cccc(C)c2)cc1. The summed E-state index contributed by atoms with van der Waals surface area (Å²) in [6.45, 7) is 4.10. The first-order chi connectivity index (χ1) is 15.0. The van der Waals surface area contributed by atoms with Crippen molar-refractivity contribution >= 4 is 35.0 Å². The van der Waals surface area contributed by atoms with E-state index in [4.69, 9.17) is 11.6 Å². The monoisotopic (exact) mass is 448 g/mol. The molecule has 7 heteroatoms. The molecular weight excluding hydrogens is 428 g/mol. The Morgan fingerprint density at radius 2 is 1.71 bits per heavy atom. The second kappa shape index (κ2) is 9.37. The summed E-state index contributed by atoms with van der Waals surface area (Å²) in [6, 6.07) is 23.4. The standard InChI is InChI=1S/C24H21ClN4OS/c1-16-6-12-21(13-7-16)29-23(18-5-3-4-17(2)14-18)27-28-24(29)31-15-22(30)26-20-10-8-19(25)9-11-20/h3-14H,15H2,1-2H3,(H,26,30). The number of aryl methyl sites for hydroxylation is 2. The van der Waals surface area contributed by atoms with Crippen molar-refractivity contribution in [3.63, 3.8) is 0 Å². The highest BCUT2D eigenvalue weighted by Crippen LogP contribution is 2.28. The Balaban J connectivity index is 1.60. The molecule has 4 rings (SSSR count). The largest absolute Gasteiger partial charge is 0.325 e. The molecule has 0 radical (unpaired) electrons. The number of anilines is 1. The van der Waals surface area contributed by atoms with Gasteiger partial charge in [-0.1, -0.05) is 64.8 Å². The highest BCUT2D eigenvalue weighted by Gasteiger charge is 2.17. The second-order valence-corrected chi connectivity index (χ2v) is 8.57. The van der Waals surface area contributed by atoms with Crippen molar-refractivity contribution in [2.45, 2.75) is 19.0 Å². The smallest absolute Gasteiger partial charge is 0.234 e. The van der Waals surface area contributed by atoms with Gasteiger partial charge >= 0.3 is 0 Å². The van der Waals surface area contributed by atoms with Crippen LogP contribution in [0.25, 0.3) is 17.1 Å². The summed E-state index contributed by atoms with van der Waals surface area (Å²) in [5.74, 6) is 0.830. The quantitative estimate of drug-likeness (QED) is 0.371. The number of nitrogens with zero attached hydrogens (tertiary/aromatic N) is 3.